The third-order valence-electron chi connectivity index (χ3n) is 3.36. The molecule has 2 aromatic rings. The summed E-state index contributed by atoms with van der Waals surface area (Å²) in [6.45, 7) is 0.529. The van der Waals surface area contributed by atoms with Crippen molar-refractivity contribution in [1.29, 1.82) is 0 Å². The van der Waals surface area contributed by atoms with Crippen LogP contribution in [0.1, 0.15) is 23.2 Å². The number of benzene rings is 2. The molecular weight excluding hydrogens is 320 g/mol. The van der Waals surface area contributed by atoms with E-state index in [9.17, 15) is 14.7 Å². The number of nitrogens with zero attached hydrogens (tertiary/aromatic N) is 1. The second-order valence-corrected chi connectivity index (χ2v) is 5.27. The Balaban J connectivity index is 1.73. The van der Waals surface area contributed by atoms with Gasteiger partial charge in [0.2, 0.25) is 0 Å². The maximum Gasteiger partial charge on any atom is 0.275 e. The SMILES string of the molecule is NN(C(=O)/C=C/CCCOc1ccccc1)C(=O)c1ccc(O)cc1. The van der Waals surface area contributed by atoms with E-state index >= 15 is 0 Å². The zero-order valence-electron chi connectivity index (χ0n) is 13.7. The molecule has 2 rings (SSSR count). The van der Waals surface area contributed by atoms with Crippen LogP contribution in [0.3, 0.4) is 0 Å². The standard InChI is InChI=1S/C19H20N2O4/c20-21(19(24)15-10-12-16(22)13-11-15)18(23)9-5-2-6-14-25-17-7-3-1-4-8-17/h1,3-5,7-13,22H,2,6,14,20H2/b9-5+. The lowest BCUT2D eigenvalue weighted by molar-refractivity contribution is -0.123. The van der Waals surface area contributed by atoms with Gasteiger partial charge in [0, 0.05) is 11.6 Å². The van der Waals surface area contributed by atoms with Gasteiger partial charge in [-0.25, -0.2) is 10.9 Å². The van der Waals surface area contributed by atoms with Gasteiger partial charge >= 0.3 is 0 Å². The van der Waals surface area contributed by atoms with Gasteiger partial charge in [-0.3, -0.25) is 9.59 Å². The lowest BCUT2D eigenvalue weighted by Gasteiger charge is -2.12. The first-order valence-electron chi connectivity index (χ1n) is 7.84. The van der Waals surface area contributed by atoms with Gasteiger partial charge in [0.1, 0.15) is 11.5 Å². The van der Waals surface area contributed by atoms with Crippen molar-refractivity contribution < 1.29 is 19.4 Å². The highest BCUT2D eigenvalue weighted by molar-refractivity contribution is 6.07. The molecule has 0 saturated carbocycles. The molecule has 0 aliphatic carbocycles. The Hall–Kier alpha value is -3.12. The molecule has 0 aliphatic heterocycles. The molecule has 130 valence electrons. The number of unbranched alkanes of at least 4 members (excludes halogenated alkanes) is 1. The molecule has 2 amide bonds. The number of allylic oxidation sites excluding steroid dienone is 1. The van der Waals surface area contributed by atoms with Gasteiger partial charge in [0.25, 0.3) is 11.8 Å². The Morgan fingerprint density at radius 1 is 1.08 bits per heavy atom. The van der Waals surface area contributed by atoms with E-state index in [1.807, 2.05) is 30.3 Å². The van der Waals surface area contributed by atoms with E-state index in [0.717, 1.165) is 12.2 Å². The van der Waals surface area contributed by atoms with E-state index in [1.165, 1.54) is 30.3 Å². The highest BCUT2D eigenvalue weighted by atomic mass is 16.5. The minimum atomic E-state index is -0.637. The normalized spacial score (nSPS) is 10.6. The molecule has 6 nitrogen and oxygen atoms in total. The minimum absolute atomic E-state index is 0.0315. The van der Waals surface area contributed by atoms with Crippen molar-refractivity contribution in [3.63, 3.8) is 0 Å². The van der Waals surface area contributed by atoms with Crippen LogP contribution in [-0.4, -0.2) is 28.5 Å². The lowest BCUT2D eigenvalue weighted by atomic mass is 10.2. The Morgan fingerprint density at radius 2 is 1.76 bits per heavy atom. The van der Waals surface area contributed by atoms with Crippen molar-refractivity contribution in [2.24, 2.45) is 5.84 Å². The summed E-state index contributed by atoms with van der Waals surface area (Å²) >= 11 is 0. The van der Waals surface area contributed by atoms with Crippen molar-refractivity contribution in [2.75, 3.05) is 6.61 Å². The molecule has 0 aromatic heterocycles. The number of hydrogen-bond acceptors (Lipinski definition) is 5. The summed E-state index contributed by atoms with van der Waals surface area (Å²) in [6, 6.07) is 15.0. The van der Waals surface area contributed by atoms with Crippen molar-refractivity contribution in [3.05, 3.63) is 72.3 Å². The van der Waals surface area contributed by atoms with Gasteiger partial charge in [-0.15, -0.1) is 0 Å². The number of hydrazine groups is 1. The average molecular weight is 340 g/mol. The van der Waals surface area contributed by atoms with Gasteiger partial charge in [-0.2, -0.15) is 0 Å². The van der Waals surface area contributed by atoms with E-state index < -0.39 is 11.8 Å². The molecule has 0 unspecified atom stereocenters. The van der Waals surface area contributed by atoms with Crippen LogP contribution in [0.15, 0.2) is 66.7 Å². The maximum absolute atomic E-state index is 12.0. The zero-order chi connectivity index (χ0) is 18.1. The predicted molar refractivity (Wildman–Crippen MR) is 93.8 cm³/mol. The van der Waals surface area contributed by atoms with Crippen molar-refractivity contribution in [2.45, 2.75) is 12.8 Å². The summed E-state index contributed by atoms with van der Waals surface area (Å²) in [5.74, 6) is 5.13. The summed E-state index contributed by atoms with van der Waals surface area (Å²) < 4.78 is 5.54. The molecule has 0 bridgehead atoms. The molecule has 6 heteroatoms. The summed E-state index contributed by atoms with van der Waals surface area (Å²) in [5.41, 5.74) is 0.221. The Morgan fingerprint density at radius 3 is 2.44 bits per heavy atom. The number of rotatable bonds is 7. The molecular formula is C19H20N2O4. The molecule has 0 spiro atoms. The molecule has 0 atom stereocenters. The number of imide groups is 1. The molecule has 0 saturated heterocycles. The number of ether oxygens (including phenoxy) is 1. The van der Waals surface area contributed by atoms with Crippen LogP contribution in [0.4, 0.5) is 0 Å². The van der Waals surface area contributed by atoms with Crippen LogP contribution < -0.4 is 10.6 Å². The first kappa shape index (κ1) is 18.2. The van der Waals surface area contributed by atoms with Gasteiger partial charge in [0.05, 0.1) is 6.61 Å². The Labute approximate surface area is 146 Å². The van der Waals surface area contributed by atoms with Crippen molar-refractivity contribution >= 4 is 11.8 Å². The highest BCUT2D eigenvalue weighted by Gasteiger charge is 2.17. The second kappa shape index (κ2) is 9.24. The highest BCUT2D eigenvalue weighted by Crippen LogP contribution is 2.11. The monoisotopic (exact) mass is 340 g/mol. The molecule has 0 radical (unpaired) electrons. The average Bonchev–Trinajstić information content (AvgIpc) is 2.64. The molecule has 3 N–H and O–H groups in total. The molecule has 0 fully saturated rings. The summed E-state index contributed by atoms with van der Waals surface area (Å²) in [4.78, 5) is 23.9. The maximum atomic E-state index is 12.0. The largest absolute Gasteiger partial charge is 0.508 e. The van der Waals surface area contributed by atoms with Gasteiger partial charge in [-0.1, -0.05) is 24.3 Å². The number of phenols is 1. The van der Waals surface area contributed by atoms with Crippen molar-refractivity contribution in [3.8, 4) is 11.5 Å². The Bertz CT molecular complexity index is 727. The number of para-hydroxylation sites is 1. The number of carbonyl (C=O) groups is 2. The summed E-state index contributed by atoms with van der Waals surface area (Å²) in [6.07, 6.45) is 4.27. The summed E-state index contributed by atoms with van der Waals surface area (Å²) in [5, 5.41) is 9.75. The molecule has 25 heavy (non-hydrogen) atoms. The van der Waals surface area contributed by atoms with Crippen LogP contribution in [0.5, 0.6) is 11.5 Å². The van der Waals surface area contributed by atoms with Gasteiger partial charge in [-0.05, 0) is 49.2 Å². The van der Waals surface area contributed by atoms with Crippen LogP contribution in [0, 0.1) is 0 Å². The van der Waals surface area contributed by atoms with Crippen LogP contribution in [0.2, 0.25) is 0 Å². The van der Waals surface area contributed by atoms with E-state index in [0.29, 0.717) is 18.0 Å². The number of carbonyl (C=O) groups excluding carboxylic acids is 2. The van der Waals surface area contributed by atoms with E-state index in [2.05, 4.69) is 0 Å². The number of amides is 2. The second-order valence-electron chi connectivity index (χ2n) is 5.27. The Kier molecular flexibility index (Phi) is 6.74. The fourth-order valence-electron chi connectivity index (χ4n) is 2.02. The smallest absolute Gasteiger partial charge is 0.275 e. The summed E-state index contributed by atoms with van der Waals surface area (Å²) in [7, 11) is 0. The predicted octanol–water partition coefficient (Wildman–Crippen LogP) is 2.65. The fourth-order valence-corrected chi connectivity index (χ4v) is 2.02. The molecule has 0 heterocycles. The third-order valence-corrected chi connectivity index (χ3v) is 3.36. The van der Waals surface area contributed by atoms with E-state index in [4.69, 9.17) is 10.6 Å². The van der Waals surface area contributed by atoms with Crippen LogP contribution in [-0.2, 0) is 4.79 Å². The fraction of sp³-hybridized carbons (Fsp3) is 0.158. The quantitative estimate of drug-likeness (QED) is 0.266. The van der Waals surface area contributed by atoms with E-state index in [-0.39, 0.29) is 11.3 Å². The lowest BCUT2D eigenvalue weighted by Crippen LogP contribution is -2.41. The van der Waals surface area contributed by atoms with Crippen LogP contribution in [0.25, 0.3) is 0 Å². The number of hydrogen-bond donors (Lipinski definition) is 2. The van der Waals surface area contributed by atoms with E-state index in [1.54, 1.807) is 6.08 Å². The topological polar surface area (TPSA) is 92.9 Å². The zero-order valence-corrected chi connectivity index (χ0v) is 13.7. The van der Waals surface area contributed by atoms with Gasteiger partial charge < -0.3 is 9.84 Å². The number of aromatic hydroxyl groups is 1. The number of nitrogens with two attached hydrogens (primary N) is 1. The third kappa shape index (κ3) is 5.78. The molecule has 0 aliphatic rings. The first-order valence-corrected chi connectivity index (χ1v) is 7.84. The van der Waals surface area contributed by atoms with Crippen molar-refractivity contribution in [1.82, 2.24) is 5.01 Å². The number of phenolic OH excluding ortho intramolecular Hbond substituents is 1. The molecule has 2 aromatic carbocycles. The first-order chi connectivity index (χ1) is 12.1. The minimum Gasteiger partial charge on any atom is -0.508 e. The van der Waals surface area contributed by atoms with Gasteiger partial charge in [0.15, 0.2) is 0 Å². The van der Waals surface area contributed by atoms with Crippen LogP contribution >= 0.6 is 0 Å².